The van der Waals surface area contributed by atoms with E-state index in [2.05, 4.69) is 10.2 Å². The first-order valence-corrected chi connectivity index (χ1v) is 17.9. The van der Waals surface area contributed by atoms with Gasteiger partial charge >= 0.3 is 0 Å². The topological polar surface area (TPSA) is 161 Å². The second-order valence-corrected chi connectivity index (χ2v) is 14.3. The maximum Gasteiger partial charge on any atom is 0.231 e. The number of rotatable bonds is 9. The second-order valence-electron chi connectivity index (χ2n) is 13.9. The minimum absolute atomic E-state index is 0.00216. The Labute approximate surface area is 315 Å². The lowest BCUT2D eigenvalue weighted by Gasteiger charge is -2.38. The number of likely N-dealkylation sites (N-methyl/N-ethyl adjacent to an activating group) is 1. The van der Waals surface area contributed by atoms with E-state index in [0.29, 0.717) is 47.3 Å². The average Bonchev–Trinajstić information content (AvgIpc) is 3.91. The standard InChI is InChI=1S/C39H39ClN2O12/c1-18-10-24(43)30(37(45)39(18)38(46)31-27(47-3)13-28(48-4)32(40)35(31)54-39)21(19-6-7-25-26(11-19)51-16-50-25)12-29(44)41-14-22-20-8-9-42(2)15-23(20)33(49-5)36-34(22)52-17-53-36/h6-7,11,13,18,21,45H,8-10,12,14-17H2,1-5H3,(H,41,44). The number of nitrogens with one attached hydrogen (secondary N) is 1. The van der Waals surface area contributed by atoms with Crippen LogP contribution in [-0.2, 0) is 29.1 Å². The van der Waals surface area contributed by atoms with Crippen LogP contribution in [0.15, 0.2) is 35.6 Å². The van der Waals surface area contributed by atoms with Crippen LogP contribution in [0.3, 0.4) is 0 Å². The molecule has 0 fully saturated rings. The van der Waals surface area contributed by atoms with E-state index in [0.717, 1.165) is 23.2 Å². The molecule has 3 aromatic carbocycles. The van der Waals surface area contributed by atoms with Gasteiger partial charge in [0.2, 0.25) is 36.6 Å². The number of Topliss-reactive ketones (excluding diaryl/α,β-unsaturated/α-hetero) is 2. The summed E-state index contributed by atoms with van der Waals surface area (Å²) in [6, 6.07) is 6.52. The Bertz CT molecular complexity index is 2150. The minimum atomic E-state index is -2.03. The molecule has 2 N–H and O–H groups in total. The summed E-state index contributed by atoms with van der Waals surface area (Å²) in [5.74, 6) is -1.13. The smallest absolute Gasteiger partial charge is 0.231 e. The van der Waals surface area contributed by atoms with Crippen molar-refractivity contribution < 1.29 is 57.4 Å². The first-order chi connectivity index (χ1) is 26.0. The molecule has 14 nitrogen and oxygen atoms in total. The molecule has 0 saturated heterocycles. The number of ether oxygens (including phenoxy) is 8. The molecular weight excluding hydrogens is 724 g/mol. The number of carbonyl (C=O) groups excluding carboxylic acids is 3. The van der Waals surface area contributed by atoms with E-state index in [9.17, 15) is 19.5 Å². The highest BCUT2D eigenvalue weighted by Crippen LogP contribution is 2.56. The van der Waals surface area contributed by atoms with Crippen molar-refractivity contribution in [3.05, 3.63) is 68.4 Å². The van der Waals surface area contributed by atoms with Crippen molar-refractivity contribution in [1.29, 1.82) is 0 Å². The number of amides is 1. The molecule has 0 radical (unpaired) electrons. The summed E-state index contributed by atoms with van der Waals surface area (Å²) in [4.78, 5) is 44.9. The number of aliphatic hydroxyl groups is 1. The lowest BCUT2D eigenvalue weighted by atomic mass is 9.69. The molecule has 3 unspecified atom stereocenters. The van der Waals surface area contributed by atoms with E-state index < -0.39 is 40.7 Å². The number of aliphatic hydroxyl groups excluding tert-OH is 1. The normalized spacial score (nSPS) is 21.5. The Hall–Kier alpha value is -5.34. The van der Waals surface area contributed by atoms with Gasteiger partial charge in [0.1, 0.15) is 22.1 Å². The summed E-state index contributed by atoms with van der Waals surface area (Å²) in [6.07, 6.45) is 0.250. The van der Waals surface area contributed by atoms with Crippen LogP contribution in [0.1, 0.15) is 58.3 Å². The van der Waals surface area contributed by atoms with Gasteiger partial charge in [-0.3, -0.25) is 14.4 Å². The molecule has 1 aliphatic carbocycles. The van der Waals surface area contributed by atoms with Crippen molar-refractivity contribution in [2.75, 3.05) is 48.5 Å². The van der Waals surface area contributed by atoms with E-state index in [1.807, 2.05) is 7.05 Å². The Morgan fingerprint density at radius 2 is 1.74 bits per heavy atom. The molecule has 0 bridgehead atoms. The van der Waals surface area contributed by atoms with Gasteiger partial charge in [-0.2, -0.15) is 0 Å². The van der Waals surface area contributed by atoms with Crippen molar-refractivity contribution >= 4 is 29.1 Å². The average molecular weight is 763 g/mol. The largest absolute Gasteiger partial charge is 0.507 e. The van der Waals surface area contributed by atoms with Gasteiger partial charge in [-0.05, 0) is 36.7 Å². The third kappa shape index (κ3) is 5.36. The maximum absolute atomic E-state index is 14.5. The molecule has 54 heavy (non-hydrogen) atoms. The van der Waals surface area contributed by atoms with Gasteiger partial charge in [-0.15, -0.1) is 0 Å². The van der Waals surface area contributed by atoms with Crippen LogP contribution in [0.4, 0.5) is 0 Å². The predicted molar refractivity (Wildman–Crippen MR) is 192 cm³/mol. The summed E-state index contributed by atoms with van der Waals surface area (Å²) in [5, 5.41) is 15.3. The van der Waals surface area contributed by atoms with E-state index >= 15 is 0 Å². The molecule has 4 aliphatic heterocycles. The molecular formula is C39H39ClN2O12. The van der Waals surface area contributed by atoms with Crippen LogP contribution in [0.25, 0.3) is 0 Å². The molecule has 0 saturated carbocycles. The second kappa shape index (κ2) is 13.5. The summed E-state index contributed by atoms with van der Waals surface area (Å²) in [5.41, 5.74) is 1.10. The van der Waals surface area contributed by atoms with E-state index in [1.165, 1.54) is 20.3 Å². The molecule has 284 valence electrons. The van der Waals surface area contributed by atoms with Gasteiger partial charge in [0.05, 0.1) is 21.3 Å². The van der Waals surface area contributed by atoms with E-state index in [-0.39, 0.29) is 66.4 Å². The van der Waals surface area contributed by atoms with Crippen molar-refractivity contribution in [1.82, 2.24) is 10.2 Å². The van der Waals surface area contributed by atoms with Crippen LogP contribution in [-0.4, -0.2) is 81.6 Å². The molecule has 8 rings (SSSR count). The van der Waals surface area contributed by atoms with Gasteiger partial charge in [-0.1, -0.05) is 24.6 Å². The zero-order chi connectivity index (χ0) is 38.1. The van der Waals surface area contributed by atoms with Gasteiger partial charge in [0.25, 0.3) is 0 Å². The van der Waals surface area contributed by atoms with E-state index in [1.54, 1.807) is 32.2 Å². The molecule has 1 spiro atoms. The SMILES string of the molecule is COc1cc(OC)c2c(c1Cl)OC1(C2=O)C(O)=C(C(CC(=O)NCc2c3c(c(OC)c4c2OCO4)CN(C)CC3)c2ccc3c(c2)OCO3)C(=O)CC1C. The molecule has 0 aromatic heterocycles. The maximum atomic E-state index is 14.5. The summed E-state index contributed by atoms with van der Waals surface area (Å²) in [6.45, 7) is 3.20. The predicted octanol–water partition coefficient (Wildman–Crippen LogP) is 5.04. The molecule has 4 heterocycles. The van der Waals surface area contributed by atoms with Gasteiger partial charge in [0.15, 0.2) is 40.3 Å². The summed E-state index contributed by atoms with van der Waals surface area (Å²) < 4.78 is 45.9. The zero-order valence-corrected chi connectivity index (χ0v) is 31.1. The van der Waals surface area contributed by atoms with Crippen LogP contribution >= 0.6 is 11.6 Å². The number of carbonyl (C=O) groups is 3. The van der Waals surface area contributed by atoms with Gasteiger partial charge in [0, 0.05) is 67.1 Å². The number of allylic oxidation sites excluding steroid dienone is 1. The fourth-order valence-electron chi connectivity index (χ4n) is 8.29. The van der Waals surface area contributed by atoms with Crippen LogP contribution in [0.2, 0.25) is 5.02 Å². The van der Waals surface area contributed by atoms with Gasteiger partial charge < -0.3 is 53.2 Å². The highest BCUT2D eigenvalue weighted by Gasteiger charge is 2.61. The molecule has 3 aromatic rings. The number of benzene rings is 3. The fourth-order valence-corrected chi connectivity index (χ4v) is 8.55. The number of halogens is 1. The minimum Gasteiger partial charge on any atom is -0.507 e. The first-order valence-electron chi connectivity index (χ1n) is 17.5. The number of methoxy groups -OCH3 is 3. The number of nitrogens with zero attached hydrogens (tertiary/aromatic N) is 1. The first kappa shape index (κ1) is 35.7. The van der Waals surface area contributed by atoms with E-state index in [4.69, 9.17) is 49.5 Å². The molecule has 5 aliphatic rings. The Kier molecular flexibility index (Phi) is 8.92. The third-order valence-electron chi connectivity index (χ3n) is 11.0. The quantitative estimate of drug-likeness (QED) is 0.299. The summed E-state index contributed by atoms with van der Waals surface area (Å²) >= 11 is 6.65. The fraction of sp³-hybridized carbons (Fsp3) is 0.410. The van der Waals surface area contributed by atoms with Crippen molar-refractivity contribution in [2.45, 2.75) is 50.8 Å². The molecule has 3 atom stereocenters. The number of ketones is 2. The Morgan fingerprint density at radius 3 is 2.50 bits per heavy atom. The molecule has 15 heteroatoms. The Balaban J connectivity index is 1.18. The molecule has 1 amide bonds. The van der Waals surface area contributed by atoms with Gasteiger partial charge in [-0.25, -0.2) is 0 Å². The Morgan fingerprint density at radius 1 is 1.00 bits per heavy atom. The monoisotopic (exact) mass is 762 g/mol. The number of hydrogen-bond donors (Lipinski definition) is 2. The lowest BCUT2D eigenvalue weighted by molar-refractivity contribution is -0.122. The van der Waals surface area contributed by atoms with Crippen LogP contribution in [0.5, 0.6) is 46.0 Å². The number of hydrogen-bond acceptors (Lipinski definition) is 13. The van der Waals surface area contributed by atoms with Crippen molar-refractivity contribution in [3.63, 3.8) is 0 Å². The van der Waals surface area contributed by atoms with Crippen molar-refractivity contribution in [2.24, 2.45) is 5.92 Å². The highest BCUT2D eigenvalue weighted by molar-refractivity contribution is 6.35. The van der Waals surface area contributed by atoms with Crippen molar-refractivity contribution in [3.8, 4) is 46.0 Å². The van der Waals surface area contributed by atoms with Crippen LogP contribution < -0.4 is 43.2 Å². The summed E-state index contributed by atoms with van der Waals surface area (Å²) in [7, 11) is 6.42. The number of fused-ring (bicyclic) bond motifs is 4. The highest BCUT2D eigenvalue weighted by atomic mass is 35.5. The van der Waals surface area contributed by atoms with Crippen LogP contribution in [0, 0.1) is 5.92 Å². The zero-order valence-electron chi connectivity index (χ0n) is 30.4. The lowest BCUT2D eigenvalue weighted by Crippen LogP contribution is -2.53. The third-order valence-corrected chi connectivity index (χ3v) is 11.3.